The lowest BCUT2D eigenvalue weighted by Gasteiger charge is -2.06. The van der Waals surface area contributed by atoms with Crippen molar-refractivity contribution in [1.82, 2.24) is 5.32 Å². The van der Waals surface area contributed by atoms with Crippen molar-refractivity contribution in [3.8, 4) is 0 Å². The fraction of sp³-hybridized carbons (Fsp3) is 0.429. The van der Waals surface area contributed by atoms with Crippen molar-refractivity contribution in [2.45, 2.75) is 12.8 Å². The molecule has 0 bridgehead atoms. The first-order valence-electron chi connectivity index (χ1n) is 5.86. The van der Waals surface area contributed by atoms with Crippen LogP contribution in [0.5, 0.6) is 0 Å². The van der Waals surface area contributed by atoms with E-state index < -0.39 is 0 Å². The number of hydrogen-bond acceptors (Lipinski definition) is 1. The lowest BCUT2D eigenvalue weighted by molar-refractivity contribution is 0.527. The molecule has 78 valence electrons. The molecule has 1 saturated heterocycles. The number of rotatable bonds is 2. The zero-order valence-electron chi connectivity index (χ0n) is 8.95. The van der Waals surface area contributed by atoms with E-state index in [1.165, 1.54) is 25.1 Å². The first kappa shape index (κ1) is 9.17. The molecule has 3 rings (SSSR count). The minimum absolute atomic E-state index is 0.823. The number of hydrogen-bond donors (Lipinski definition) is 1. The number of benzene rings is 1. The molecule has 0 saturated carbocycles. The van der Waals surface area contributed by atoms with Crippen LogP contribution >= 0.6 is 0 Å². The molecule has 2 atom stereocenters. The van der Waals surface area contributed by atoms with Gasteiger partial charge in [0.05, 0.1) is 0 Å². The van der Waals surface area contributed by atoms with Crippen molar-refractivity contribution in [1.29, 1.82) is 0 Å². The Kier molecular flexibility index (Phi) is 2.34. The summed E-state index contributed by atoms with van der Waals surface area (Å²) in [4.78, 5) is 0. The number of nitrogens with one attached hydrogen (secondary N) is 1. The van der Waals surface area contributed by atoms with Crippen molar-refractivity contribution >= 4 is 0 Å². The van der Waals surface area contributed by atoms with Crippen LogP contribution in [0.15, 0.2) is 42.0 Å². The molecule has 1 fully saturated rings. The first-order chi connectivity index (χ1) is 7.42. The molecule has 1 nitrogen and oxygen atoms in total. The van der Waals surface area contributed by atoms with Crippen molar-refractivity contribution < 1.29 is 0 Å². The summed E-state index contributed by atoms with van der Waals surface area (Å²) in [5.74, 6) is 1.72. The molecule has 1 aliphatic heterocycles. The minimum Gasteiger partial charge on any atom is -0.316 e. The lowest BCUT2D eigenvalue weighted by atomic mass is 9.98. The summed E-state index contributed by atoms with van der Waals surface area (Å²) in [7, 11) is 0. The van der Waals surface area contributed by atoms with E-state index in [9.17, 15) is 0 Å². The molecule has 0 amide bonds. The Balaban J connectivity index is 1.70. The third kappa shape index (κ3) is 1.84. The smallest absolute Gasteiger partial charge is 0.00176 e. The van der Waals surface area contributed by atoms with Crippen LogP contribution in [0.25, 0.3) is 0 Å². The standard InChI is InChI=1S/C14H17N/c1-2-4-11(5-3-1)6-12-7-13-9-15-10-14(13)8-12/h1-5,7,13-15H,6,8-10H2. The Morgan fingerprint density at radius 3 is 2.80 bits per heavy atom. The summed E-state index contributed by atoms with van der Waals surface area (Å²) in [5.41, 5.74) is 3.11. The molecule has 2 unspecified atom stereocenters. The third-order valence-electron chi connectivity index (χ3n) is 3.64. The molecular weight excluding hydrogens is 182 g/mol. The second-order valence-electron chi connectivity index (χ2n) is 4.77. The predicted molar refractivity (Wildman–Crippen MR) is 62.7 cm³/mol. The van der Waals surface area contributed by atoms with Crippen molar-refractivity contribution in [3.63, 3.8) is 0 Å². The van der Waals surface area contributed by atoms with Gasteiger partial charge in [-0.25, -0.2) is 0 Å². The van der Waals surface area contributed by atoms with E-state index in [-0.39, 0.29) is 0 Å². The zero-order valence-corrected chi connectivity index (χ0v) is 8.95. The maximum Gasteiger partial charge on any atom is 0.00176 e. The fourth-order valence-electron chi connectivity index (χ4n) is 2.87. The predicted octanol–water partition coefficient (Wildman–Crippen LogP) is 2.39. The van der Waals surface area contributed by atoms with Gasteiger partial charge in [-0.3, -0.25) is 0 Å². The normalized spacial score (nSPS) is 28.9. The van der Waals surface area contributed by atoms with Crippen LogP contribution in [-0.4, -0.2) is 13.1 Å². The molecule has 15 heavy (non-hydrogen) atoms. The average molecular weight is 199 g/mol. The van der Waals surface area contributed by atoms with Gasteiger partial charge in [0.2, 0.25) is 0 Å². The SMILES string of the molecule is C1=C(Cc2ccccc2)CC2CNCC12. The van der Waals surface area contributed by atoms with E-state index in [1.54, 1.807) is 5.57 Å². The molecule has 0 radical (unpaired) electrons. The van der Waals surface area contributed by atoms with Crippen LogP contribution in [-0.2, 0) is 6.42 Å². The van der Waals surface area contributed by atoms with Gasteiger partial charge in [0.15, 0.2) is 0 Å². The van der Waals surface area contributed by atoms with Crippen LogP contribution in [0.1, 0.15) is 12.0 Å². The molecule has 2 aliphatic rings. The van der Waals surface area contributed by atoms with Gasteiger partial charge in [0.1, 0.15) is 0 Å². The maximum absolute atomic E-state index is 3.46. The fourth-order valence-corrected chi connectivity index (χ4v) is 2.87. The maximum atomic E-state index is 3.46. The average Bonchev–Trinajstić information content (AvgIpc) is 2.79. The Morgan fingerprint density at radius 1 is 1.13 bits per heavy atom. The van der Waals surface area contributed by atoms with E-state index >= 15 is 0 Å². The van der Waals surface area contributed by atoms with E-state index in [2.05, 4.69) is 41.7 Å². The molecular formula is C14H17N. The highest BCUT2D eigenvalue weighted by molar-refractivity contribution is 5.26. The highest BCUT2D eigenvalue weighted by atomic mass is 14.9. The highest BCUT2D eigenvalue weighted by Crippen LogP contribution is 2.34. The summed E-state index contributed by atoms with van der Waals surface area (Å²) < 4.78 is 0. The topological polar surface area (TPSA) is 12.0 Å². The molecule has 1 aliphatic carbocycles. The molecule has 1 heterocycles. The van der Waals surface area contributed by atoms with Gasteiger partial charge < -0.3 is 5.32 Å². The van der Waals surface area contributed by atoms with Gasteiger partial charge in [-0.15, -0.1) is 0 Å². The van der Waals surface area contributed by atoms with Gasteiger partial charge in [-0.2, -0.15) is 0 Å². The minimum atomic E-state index is 0.823. The van der Waals surface area contributed by atoms with E-state index in [4.69, 9.17) is 0 Å². The van der Waals surface area contributed by atoms with Crippen LogP contribution in [0, 0.1) is 11.8 Å². The van der Waals surface area contributed by atoms with E-state index in [1.807, 2.05) is 0 Å². The second-order valence-corrected chi connectivity index (χ2v) is 4.77. The molecule has 1 heteroatoms. The van der Waals surface area contributed by atoms with Crippen LogP contribution in [0.4, 0.5) is 0 Å². The highest BCUT2D eigenvalue weighted by Gasteiger charge is 2.30. The molecule has 1 aromatic rings. The summed E-state index contributed by atoms with van der Waals surface area (Å²) >= 11 is 0. The van der Waals surface area contributed by atoms with Crippen molar-refractivity contribution in [2.24, 2.45) is 11.8 Å². The number of allylic oxidation sites excluding steroid dienone is 1. The van der Waals surface area contributed by atoms with Crippen molar-refractivity contribution in [2.75, 3.05) is 13.1 Å². The summed E-state index contributed by atoms with van der Waals surface area (Å²) in [6.07, 6.45) is 4.98. The van der Waals surface area contributed by atoms with Gasteiger partial charge in [0, 0.05) is 6.54 Å². The molecule has 0 aromatic heterocycles. The Bertz CT molecular complexity index is 366. The Morgan fingerprint density at radius 2 is 2.00 bits per heavy atom. The van der Waals surface area contributed by atoms with Gasteiger partial charge in [0.25, 0.3) is 0 Å². The van der Waals surface area contributed by atoms with Crippen LogP contribution in [0.2, 0.25) is 0 Å². The Labute approximate surface area is 91.2 Å². The molecule has 1 aromatic carbocycles. The zero-order chi connectivity index (χ0) is 10.1. The van der Waals surface area contributed by atoms with Gasteiger partial charge >= 0.3 is 0 Å². The monoisotopic (exact) mass is 199 g/mol. The molecule has 1 N–H and O–H groups in total. The quantitative estimate of drug-likeness (QED) is 0.721. The molecule has 0 spiro atoms. The summed E-state index contributed by atoms with van der Waals surface area (Å²) in [6, 6.07) is 10.8. The van der Waals surface area contributed by atoms with Crippen LogP contribution in [0.3, 0.4) is 0 Å². The summed E-state index contributed by atoms with van der Waals surface area (Å²) in [6.45, 7) is 2.42. The van der Waals surface area contributed by atoms with Gasteiger partial charge in [-0.1, -0.05) is 42.0 Å². The Hall–Kier alpha value is -1.08. The van der Waals surface area contributed by atoms with E-state index in [0.29, 0.717) is 0 Å². The largest absolute Gasteiger partial charge is 0.316 e. The first-order valence-corrected chi connectivity index (χ1v) is 5.86. The van der Waals surface area contributed by atoms with Crippen LogP contribution < -0.4 is 5.32 Å². The third-order valence-corrected chi connectivity index (χ3v) is 3.64. The second kappa shape index (κ2) is 3.82. The van der Waals surface area contributed by atoms with Crippen molar-refractivity contribution in [3.05, 3.63) is 47.5 Å². The number of fused-ring (bicyclic) bond motifs is 1. The van der Waals surface area contributed by atoms with E-state index in [0.717, 1.165) is 18.3 Å². The lowest BCUT2D eigenvalue weighted by Crippen LogP contribution is -2.09. The summed E-state index contributed by atoms with van der Waals surface area (Å²) in [5, 5.41) is 3.46. The van der Waals surface area contributed by atoms with Gasteiger partial charge in [-0.05, 0) is 36.8 Å².